The van der Waals surface area contributed by atoms with Crippen molar-refractivity contribution in [3.05, 3.63) is 30.3 Å². The number of carbonyl (C=O) groups excluding carboxylic acids is 2. The summed E-state index contributed by atoms with van der Waals surface area (Å²) in [4.78, 5) is 26.2. The van der Waals surface area contributed by atoms with E-state index in [2.05, 4.69) is 5.32 Å². The minimum atomic E-state index is -0.320. The molecule has 0 spiro atoms. The molecule has 19 heavy (non-hydrogen) atoms. The topological polar surface area (TPSA) is 49.4 Å². The van der Waals surface area contributed by atoms with Crippen molar-refractivity contribution >= 4 is 23.7 Å². The lowest BCUT2D eigenvalue weighted by molar-refractivity contribution is -0.127. The fourth-order valence-electron chi connectivity index (χ4n) is 2.04. The highest BCUT2D eigenvalue weighted by atomic mass is 32.2. The molecular formula is C14H18N2O2S. The predicted octanol–water partition coefficient (Wildman–Crippen LogP) is 2.50. The molecule has 1 N–H and O–H groups in total. The normalized spacial score (nSPS) is 18.8. The van der Waals surface area contributed by atoms with E-state index in [0.717, 1.165) is 17.1 Å². The smallest absolute Gasteiger partial charge is 0.324 e. The number of rotatable bonds is 6. The monoisotopic (exact) mass is 278 g/mol. The molecule has 1 heterocycles. The van der Waals surface area contributed by atoms with E-state index in [0.29, 0.717) is 13.0 Å². The lowest BCUT2D eigenvalue weighted by Crippen LogP contribution is -2.33. The summed E-state index contributed by atoms with van der Waals surface area (Å²) in [7, 11) is 0. The third-order valence-electron chi connectivity index (χ3n) is 3.01. The molecule has 1 aliphatic heterocycles. The zero-order chi connectivity index (χ0) is 13.7. The summed E-state index contributed by atoms with van der Waals surface area (Å²) >= 11 is 1.65. The minimum Gasteiger partial charge on any atom is -0.326 e. The Balaban J connectivity index is 1.83. The van der Waals surface area contributed by atoms with Crippen LogP contribution in [0, 0.1) is 0 Å². The molecule has 5 heteroatoms. The van der Waals surface area contributed by atoms with Crippen LogP contribution in [0.4, 0.5) is 4.79 Å². The van der Waals surface area contributed by atoms with Crippen molar-refractivity contribution in [2.45, 2.75) is 30.7 Å². The number of carbonyl (C=O) groups is 2. The highest BCUT2D eigenvalue weighted by Crippen LogP contribution is 2.18. The number of hydrogen-bond acceptors (Lipinski definition) is 3. The molecule has 1 aliphatic rings. The Morgan fingerprint density at radius 2 is 2.00 bits per heavy atom. The van der Waals surface area contributed by atoms with Crippen LogP contribution in [0.25, 0.3) is 0 Å². The van der Waals surface area contributed by atoms with Gasteiger partial charge >= 0.3 is 6.03 Å². The molecule has 3 amide bonds. The Labute approximate surface area is 117 Å². The Hall–Kier alpha value is -1.49. The van der Waals surface area contributed by atoms with Gasteiger partial charge in [-0.1, -0.05) is 31.5 Å². The Morgan fingerprint density at radius 3 is 2.68 bits per heavy atom. The molecule has 1 aromatic rings. The fraction of sp³-hybridized carbons (Fsp3) is 0.429. The highest BCUT2D eigenvalue weighted by molar-refractivity contribution is 7.99. The molecule has 102 valence electrons. The summed E-state index contributed by atoms with van der Waals surface area (Å²) < 4.78 is 0. The van der Waals surface area contributed by atoms with E-state index in [1.54, 1.807) is 11.8 Å². The van der Waals surface area contributed by atoms with Crippen molar-refractivity contribution in [2.75, 3.05) is 12.3 Å². The van der Waals surface area contributed by atoms with Gasteiger partial charge in [-0.2, -0.15) is 0 Å². The van der Waals surface area contributed by atoms with Crippen molar-refractivity contribution in [2.24, 2.45) is 0 Å². The number of urea groups is 1. The third-order valence-corrected chi connectivity index (χ3v) is 4.00. The van der Waals surface area contributed by atoms with E-state index in [1.165, 1.54) is 4.90 Å². The van der Waals surface area contributed by atoms with Gasteiger partial charge in [0.05, 0.1) is 0 Å². The molecule has 0 saturated carbocycles. The first kappa shape index (κ1) is 13.9. The highest BCUT2D eigenvalue weighted by Gasteiger charge is 2.36. The lowest BCUT2D eigenvalue weighted by Gasteiger charge is -2.12. The minimum absolute atomic E-state index is 0.0829. The van der Waals surface area contributed by atoms with Crippen LogP contribution < -0.4 is 5.32 Å². The maximum atomic E-state index is 12.0. The number of thioether (sulfide) groups is 1. The Kier molecular flexibility index (Phi) is 4.85. The quantitative estimate of drug-likeness (QED) is 0.642. The molecule has 0 aromatic heterocycles. The van der Waals surface area contributed by atoms with Crippen LogP contribution in [0.5, 0.6) is 0 Å². The molecule has 0 radical (unpaired) electrons. The summed E-state index contributed by atoms with van der Waals surface area (Å²) in [5, 5.41) is 2.73. The summed E-state index contributed by atoms with van der Waals surface area (Å²) in [5.74, 6) is 0.641. The van der Waals surface area contributed by atoms with Crippen molar-refractivity contribution in [3.8, 4) is 0 Å². The summed E-state index contributed by atoms with van der Waals surface area (Å²) in [6.07, 6.45) is 1.61. The van der Waals surface area contributed by atoms with Crippen LogP contribution in [0.2, 0.25) is 0 Å². The molecule has 1 unspecified atom stereocenters. The Bertz CT molecular complexity index is 450. The van der Waals surface area contributed by atoms with Gasteiger partial charge in [0.2, 0.25) is 0 Å². The van der Waals surface area contributed by atoms with Crippen molar-refractivity contribution in [1.29, 1.82) is 0 Å². The van der Waals surface area contributed by atoms with Gasteiger partial charge in [0, 0.05) is 17.2 Å². The van der Waals surface area contributed by atoms with Crippen LogP contribution >= 0.6 is 11.8 Å². The summed E-state index contributed by atoms with van der Waals surface area (Å²) in [5.41, 5.74) is 0. The SMILES string of the molecule is CCCC1NC(=O)N(CCSc2ccccc2)C1=O. The Morgan fingerprint density at radius 1 is 1.26 bits per heavy atom. The van der Waals surface area contributed by atoms with Crippen LogP contribution in [0.1, 0.15) is 19.8 Å². The number of nitrogens with zero attached hydrogens (tertiary/aromatic N) is 1. The average Bonchev–Trinajstić information content (AvgIpc) is 2.68. The first-order valence-corrected chi connectivity index (χ1v) is 7.50. The van der Waals surface area contributed by atoms with Gasteiger partial charge < -0.3 is 5.32 Å². The largest absolute Gasteiger partial charge is 0.326 e. The number of amides is 3. The number of benzene rings is 1. The van der Waals surface area contributed by atoms with Gasteiger partial charge in [-0.05, 0) is 18.6 Å². The maximum Gasteiger partial charge on any atom is 0.324 e. The van der Waals surface area contributed by atoms with E-state index in [9.17, 15) is 9.59 Å². The zero-order valence-electron chi connectivity index (χ0n) is 11.0. The molecule has 2 rings (SSSR count). The van der Waals surface area contributed by atoms with Gasteiger partial charge in [-0.15, -0.1) is 11.8 Å². The second-order valence-electron chi connectivity index (χ2n) is 4.44. The van der Waals surface area contributed by atoms with Crippen LogP contribution in [-0.2, 0) is 4.79 Å². The van der Waals surface area contributed by atoms with E-state index in [-0.39, 0.29) is 18.0 Å². The van der Waals surface area contributed by atoms with Crippen LogP contribution in [-0.4, -0.2) is 35.2 Å². The molecule has 1 aromatic carbocycles. The maximum absolute atomic E-state index is 12.0. The van der Waals surface area contributed by atoms with E-state index >= 15 is 0 Å². The standard InChI is InChI=1S/C14H18N2O2S/c1-2-6-12-13(17)16(14(18)15-12)9-10-19-11-7-4-3-5-8-11/h3-5,7-8,12H,2,6,9-10H2,1H3,(H,15,18). The predicted molar refractivity (Wildman–Crippen MR) is 76.1 cm³/mol. The van der Waals surface area contributed by atoms with Gasteiger partial charge in [0.15, 0.2) is 0 Å². The third kappa shape index (κ3) is 3.50. The zero-order valence-corrected chi connectivity index (χ0v) is 11.8. The van der Waals surface area contributed by atoms with Gasteiger partial charge in [-0.3, -0.25) is 9.69 Å². The van der Waals surface area contributed by atoms with Gasteiger partial charge in [0.25, 0.3) is 5.91 Å². The van der Waals surface area contributed by atoms with Crippen molar-refractivity contribution < 1.29 is 9.59 Å². The fourth-order valence-corrected chi connectivity index (χ4v) is 2.90. The molecule has 0 aliphatic carbocycles. The average molecular weight is 278 g/mol. The first-order valence-electron chi connectivity index (χ1n) is 6.52. The molecule has 4 nitrogen and oxygen atoms in total. The molecule has 0 bridgehead atoms. The summed E-state index contributed by atoms with van der Waals surface area (Å²) in [6, 6.07) is 9.40. The molecular weight excluding hydrogens is 260 g/mol. The van der Waals surface area contributed by atoms with Crippen molar-refractivity contribution in [1.82, 2.24) is 10.2 Å². The molecule has 1 atom stereocenters. The lowest BCUT2D eigenvalue weighted by atomic mass is 10.2. The van der Waals surface area contributed by atoms with Gasteiger partial charge in [-0.25, -0.2) is 4.79 Å². The van der Waals surface area contributed by atoms with Crippen LogP contribution in [0.15, 0.2) is 35.2 Å². The van der Waals surface area contributed by atoms with Crippen molar-refractivity contribution in [3.63, 3.8) is 0 Å². The van der Waals surface area contributed by atoms with E-state index < -0.39 is 0 Å². The molecule has 1 fully saturated rings. The van der Waals surface area contributed by atoms with Gasteiger partial charge in [0.1, 0.15) is 6.04 Å². The number of hydrogen-bond donors (Lipinski definition) is 1. The van der Waals surface area contributed by atoms with Crippen LogP contribution in [0.3, 0.4) is 0 Å². The number of imide groups is 1. The summed E-state index contributed by atoms with van der Waals surface area (Å²) in [6.45, 7) is 2.47. The second-order valence-corrected chi connectivity index (χ2v) is 5.61. The first-order chi connectivity index (χ1) is 9.22. The number of nitrogens with one attached hydrogen (secondary N) is 1. The molecule has 1 saturated heterocycles. The van der Waals surface area contributed by atoms with E-state index in [1.807, 2.05) is 37.3 Å². The second kappa shape index (κ2) is 6.61. The van der Waals surface area contributed by atoms with E-state index in [4.69, 9.17) is 0 Å².